The SMILES string of the molecule is CC(C)(C)C1=NC=NC1=Cc1[nH]c(=O)c(=O)[nH]c1O. The molecule has 7 nitrogen and oxygen atoms in total. The fraction of sp³-hybridized carbons (Fsp3) is 0.333. The van der Waals surface area contributed by atoms with Gasteiger partial charge in [0.25, 0.3) is 0 Å². The molecule has 0 bridgehead atoms. The zero-order valence-corrected chi connectivity index (χ0v) is 10.8. The highest BCUT2D eigenvalue weighted by Gasteiger charge is 2.25. The van der Waals surface area contributed by atoms with Gasteiger partial charge in [0.15, 0.2) is 0 Å². The van der Waals surface area contributed by atoms with Gasteiger partial charge in [0.2, 0.25) is 5.88 Å². The maximum Gasteiger partial charge on any atom is 0.316 e. The Kier molecular flexibility index (Phi) is 2.97. The molecule has 7 heteroatoms. The monoisotopic (exact) mass is 262 g/mol. The molecular formula is C12H14N4O3. The van der Waals surface area contributed by atoms with E-state index in [9.17, 15) is 14.7 Å². The Morgan fingerprint density at radius 1 is 1.21 bits per heavy atom. The van der Waals surface area contributed by atoms with Crippen molar-refractivity contribution in [1.29, 1.82) is 0 Å². The lowest BCUT2D eigenvalue weighted by molar-refractivity contribution is 0.446. The summed E-state index contributed by atoms with van der Waals surface area (Å²) in [6.45, 7) is 5.93. The number of hydrogen-bond donors (Lipinski definition) is 3. The van der Waals surface area contributed by atoms with Crippen molar-refractivity contribution in [1.82, 2.24) is 9.97 Å². The van der Waals surface area contributed by atoms with Gasteiger partial charge >= 0.3 is 11.1 Å². The number of aromatic amines is 2. The minimum atomic E-state index is -0.903. The normalized spacial score (nSPS) is 17.0. The van der Waals surface area contributed by atoms with Gasteiger partial charge in [0.1, 0.15) is 12.0 Å². The van der Waals surface area contributed by atoms with Gasteiger partial charge in [-0.05, 0) is 6.08 Å². The molecule has 0 unspecified atom stereocenters. The van der Waals surface area contributed by atoms with Crippen LogP contribution in [0.15, 0.2) is 25.3 Å². The number of nitrogens with one attached hydrogen (secondary N) is 2. The number of nitrogens with zero attached hydrogens (tertiary/aromatic N) is 2. The summed E-state index contributed by atoms with van der Waals surface area (Å²) in [5.41, 5.74) is -0.597. The molecule has 1 aromatic rings. The van der Waals surface area contributed by atoms with Gasteiger partial charge in [-0.15, -0.1) is 0 Å². The third kappa shape index (κ3) is 2.54. The molecule has 1 aromatic heterocycles. The van der Waals surface area contributed by atoms with E-state index in [4.69, 9.17) is 0 Å². The third-order valence-electron chi connectivity index (χ3n) is 2.56. The van der Waals surface area contributed by atoms with Crippen LogP contribution in [0.3, 0.4) is 0 Å². The van der Waals surface area contributed by atoms with Crippen molar-refractivity contribution in [3.63, 3.8) is 0 Å². The molecule has 1 aliphatic rings. The molecule has 3 N–H and O–H groups in total. The van der Waals surface area contributed by atoms with Gasteiger partial charge in [-0.1, -0.05) is 20.8 Å². The zero-order chi connectivity index (χ0) is 14.2. The van der Waals surface area contributed by atoms with Crippen molar-refractivity contribution in [2.24, 2.45) is 15.4 Å². The first-order valence-corrected chi connectivity index (χ1v) is 5.67. The maximum atomic E-state index is 11.2. The summed E-state index contributed by atoms with van der Waals surface area (Å²) in [4.78, 5) is 34.8. The molecule has 0 saturated carbocycles. The Morgan fingerprint density at radius 3 is 2.47 bits per heavy atom. The van der Waals surface area contributed by atoms with Crippen LogP contribution in [0.5, 0.6) is 5.88 Å². The van der Waals surface area contributed by atoms with E-state index in [-0.39, 0.29) is 11.1 Å². The Morgan fingerprint density at radius 2 is 1.84 bits per heavy atom. The van der Waals surface area contributed by atoms with E-state index in [0.717, 1.165) is 5.71 Å². The van der Waals surface area contributed by atoms with E-state index < -0.39 is 17.0 Å². The van der Waals surface area contributed by atoms with Crippen molar-refractivity contribution in [3.8, 4) is 5.88 Å². The van der Waals surface area contributed by atoms with Gasteiger partial charge < -0.3 is 10.1 Å². The van der Waals surface area contributed by atoms with Crippen molar-refractivity contribution in [3.05, 3.63) is 32.1 Å². The summed E-state index contributed by atoms with van der Waals surface area (Å²) in [6, 6.07) is 0. The Labute approximate surface area is 108 Å². The molecule has 2 heterocycles. The van der Waals surface area contributed by atoms with Crippen LogP contribution in [0.4, 0.5) is 0 Å². The van der Waals surface area contributed by atoms with Crippen LogP contribution in [0.25, 0.3) is 6.08 Å². The molecule has 100 valence electrons. The standard InChI is InChI=1S/C12H14N4O3/c1-12(2,3)8-6(13-5-14-8)4-7-9(17)16-11(19)10(18)15-7/h4-5H,1-3H3,(H,15,18)(H2,16,17,19). The minimum Gasteiger partial charge on any atom is -0.493 e. The molecular weight excluding hydrogens is 248 g/mol. The van der Waals surface area contributed by atoms with E-state index in [2.05, 4.69) is 20.0 Å². The Bertz CT molecular complexity index is 714. The second-order valence-corrected chi connectivity index (χ2v) is 5.17. The van der Waals surface area contributed by atoms with E-state index in [1.165, 1.54) is 12.4 Å². The topological polar surface area (TPSA) is 111 Å². The summed E-state index contributed by atoms with van der Waals surface area (Å²) >= 11 is 0. The van der Waals surface area contributed by atoms with Crippen LogP contribution in [-0.2, 0) is 0 Å². The van der Waals surface area contributed by atoms with Gasteiger partial charge in [-0.2, -0.15) is 0 Å². The highest BCUT2D eigenvalue weighted by molar-refractivity contribution is 6.13. The predicted octanol–water partition coefficient (Wildman–Crippen LogP) is 0.639. The molecule has 0 aromatic carbocycles. The molecule has 1 aliphatic heterocycles. The second kappa shape index (κ2) is 4.34. The van der Waals surface area contributed by atoms with E-state index in [1.54, 1.807) is 0 Å². The lowest BCUT2D eigenvalue weighted by atomic mass is 9.88. The maximum absolute atomic E-state index is 11.2. The van der Waals surface area contributed by atoms with Crippen LogP contribution in [0, 0.1) is 5.41 Å². The average Bonchev–Trinajstić information content (AvgIpc) is 2.73. The zero-order valence-electron chi connectivity index (χ0n) is 10.8. The van der Waals surface area contributed by atoms with Crippen molar-refractivity contribution in [2.75, 3.05) is 0 Å². The minimum absolute atomic E-state index is 0.0931. The molecule has 0 spiro atoms. The molecule has 0 radical (unpaired) electrons. The molecule has 0 aliphatic carbocycles. The number of aliphatic imine (C=N–C) groups is 2. The summed E-state index contributed by atoms with van der Waals surface area (Å²) in [7, 11) is 0. The highest BCUT2D eigenvalue weighted by Crippen LogP contribution is 2.26. The number of allylic oxidation sites excluding steroid dienone is 1. The van der Waals surface area contributed by atoms with Gasteiger partial charge in [-0.25, -0.2) is 9.98 Å². The molecule has 0 atom stereocenters. The lowest BCUT2D eigenvalue weighted by Crippen LogP contribution is -2.29. The first kappa shape index (κ1) is 13.0. The quantitative estimate of drug-likeness (QED) is 0.646. The number of aromatic nitrogens is 2. The second-order valence-electron chi connectivity index (χ2n) is 5.17. The average molecular weight is 262 g/mol. The van der Waals surface area contributed by atoms with Crippen LogP contribution in [0.1, 0.15) is 26.5 Å². The first-order chi connectivity index (χ1) is 8.79. The Balaban J connectivity index is 2.51. The summed E-state index contributed by atoms with van der Waals surface area (Å²) < 4.78 is 0. The summed E-state index contributed by atoms with van der Waals surface area (Å²) in [6.07, 6.45) is 2.88. The number of rotatable bonds is 1. The third-order valence-corrected chi connectivity index (χ3v) is 2.56. The highest BCUT2D eigenvalue weighted by atomic mass is 16.3. The first-order valence-electron chi connectivity index (χ1n) is 5.67. The summed E-state index contributed by atoms with van der Waals surface area (Å²) in [5.74, 6) is -0.410. The van der Waals surface area contributed by atoms with Gasteiger partial charge in [0, 0.05) is 5.41 Å². The largest absolute Gasteiger partial charge is 0.493 e. The fourth-order valence-corrected chi connectivity index (χ4v) is 1.67. The van der Waals surface area contributed by atoms with Crippen molar-refractivity contribution in [2.45, 2.75) is 20.8 Å². The number of H-pyrrole nitrogens is 2. The number of aromatic hydroxyl groups is 1. The molecule has 2 rings (SSSR count). The lowest BCUT2D eigenvalue weighted by Gasteiger charge is -2.18. The van der Waals surface area contributed by atoms with Gasteiger partial charge in [0.05, 0.1) is 11.4 Å². The number of hydrogen-bond acceptors (Lipinski definition) is 5. The summed E-state index contributed by atoms with van der Waals surface area (Å²) in [5, 5.41) is 9.60. The van der Waals surface area contributed by atoms with Crippen molar-refractivity contribution < 1.29 is 5.11 Å². The molecule has 0 saturated heterocycles. The van der Waals surface area contributed by atoms with E-state index in [1.807, 2.05) is 20.8 Å². The van der Waals surface area contributed by atoms with E-state index >= 15 is 0 Å². The van der Waals surface area contributed by atoms with Gasteiger partial charge in [-0.3, -0.25) is 14.6 Å². The smallest absolute Gasteiger partial charge is 0.316 e. The molecule has 0 amide bonds. The molecule has 19 heavy (non-hydrogen) atoms. The Hall–Kier alpha value is -2.44. The van der Waals surface area contributed by atoms with Crippen LogP contribution in [0.2, 0.25) is 0 Å². The van der Waals surface area contributed by atoms with Crippen LogP contribution in [-0.4, -0.2) is 27.1 Å². The fourth-order valence-electron chi connectivity index (χ4n) is 1.67. The molecule has 0 fully saturated rings. The van der Waals surface area contributed by atoms with Crippen LogP contribution < -0.4 is 11.1 Å². The van der Waals surface area contributed by atoms with E-state index in [0.29, 0.717) is 5.70 Å². The predicted molar refractivity (Wildman–Crippen MR) is 72.7 cm³/mol. The van der Waals surface area contributed by atoms with Crippen molar-refractivity contribution >= 4 is 18.1 Å². The van der Waals surface area contributed by atoms with Crippen LogP contribution >= 0.6 is 0 Å².